The first-order valence-electron chi connectivity index (χ1n) is 11.6. The Labute approximate surface area is 227 Å². The van der Waals surface area contributed by atoms with Crippen molar-refractivity contribution in [2.45, 2.75) is 13.5 Å². The second-order valence-corrected chi connectivity index (χ2v) is 8.58. The zero-order valence-electron chi connectivity index (χ0n) is 20.8. The summed E-state index contributed by atoms with van der Waals surface area (Å²) in [6.45, 7) is 1.95. The van der Waals surface area contributed by atoms with Gasteiger partial charge in [-0.1, -0.05) is 23.7 Å². The molecule has 0 unspecified atom stereocenters. The van der Waals surface area contributed by atoms with Gasteiger partial charge in [-0.2, -0.15) is 0 Å². The van der Waals surface area contributed by atoms with Crippen LogP contribution in [0.25, 0.3) is 6.08 Å². The predicted octanol–water partition coefficient (Wildman–Crippen LogP) is 4.91. The summed E-state index contributed by atoms with van der Waals surface area (Å²) in [7, 11) is 1.40. The molecule has 4 rings (SSSR count). The van der Waals surface area contributed by atoms with E-state index in [0.29, 0.717) is 11.1 Å². The molecule has 3 aromatic carbocycles. The van der Waals surface area contributed by atoms with Gasteiger partial charge in [-0.15, -0.1) is 0 Å². The van der Waals surface area contributed by atoms with Gasteiger partial charge in [-0.3, -0.25) is 14.9 Å². The SMILES string of the molecule is CCOC(=O)c1ccc(N2C(=O)NC(=O)/C(=C\c3cc(Cl)c(OCc4ccc(F)cc4)c(OC)c3)C2=O)cc1. The molecule has 200 valence electrons. The van der Waals surface area contributed by atoms with Crippen LogP contribution in [0.2, 0.25) is 5.02 Å². The topological polar surface area (TPSA) is 111 Å². The second-order valence-electron chi connectivity index (χ2n) is 8.17. The number of barbiturate groups is 1. The molecule has 1 fully saturated rings. The standard InChI is InChI=1S/C28H22ClFN2O7/c1-3-38-27(35)18-6-10-20(11-7-18)32-26(34)21(25(33)31-28(32)36)12-17-13-22(29)24(23(14-17)37-2)39-15-16-4-8-19(30)9-5-16/h4-14H,3,15H2,1-2H3,(H,31,33,36)/b21-12+. The normalized spacial score (nSPS) is 14.3. The number of carbonyl (C=O) groups excluding carboxylic acids is 4. The smallest absolute Gasteiger partial charge is 0.338 e. The summed E-state index contributed by atoms with van der Waals surface area (Å²) in [5.74, 6) is -2.26. The highest BCUT2D eigenvalue weighted by Gasteiger charge is 2.37. The third-order valence-corrected chi connectivity index (χ3v) is 5.88. The molecule has 39 heavy (non-hydrogen) atoms. The highest BCUT2D eigenvalue weighted by Crippen LogP contribution is 2.38. The fourth-order valence-electron chi connectivity index (χ4n) is 3.72. The van der Waals surface area contributed by atoms with Crippen molar-refractivity contribution in [1.82, 2.24) is 5.32 Å². The largest absolute Gasteiger partial charge is 0.493 e. The number of nitrogens with zero attached hydrogens (tertiary/aromatic N) is 1. The summed E-state index contributed by atoms with van der Waals surface area (Å²) < 4.78 is 29.3. The molecule has 11 heteroatoms. The Hall–Kier alpha value is -4.70. The number of hydrogen-bond donors (Lipinski definition) is 1. The summed E-state index contributed by atoms with van der Waals surface area (Å²) in [6.07, 6.45) is 1.27. The molecular formula is C28H22ClFN2O7. The van der Waals surface area contributed by atoms with E-state index in [1.807, 2.05) is 0 Å². The Morgan fingerprint density at radius 2 is 1.74 bits per heavy atom. The van der Waals surface area contributed by atoms with Gasteiger partial charge in [-0.25, -0.2) is 18.9 Å². The van der Waals surface area contributed by atoms with E-state index in [2.05, 4.69) is 5.32 Å². The van der Waals surface area contributed by atoms with Crippen molar-refractivity contribution in [2.75, 3.05) is 18.6 Å². The minimum Gasteiger partial charge on any atom is -0.493 e. The van der Waals surface area contributed by atoms with Crippen LogP contribution in [0.4, 0.5) is 14.9 Å². The van der Waals surface area contributed by atoms with Crippen molar-refractivity contribution in [3.05, 3.63) is 93.8 Å². The Bertz CT molecular complexity index is 1470. The lowest BCUT2D eigenvalue weighted by molar-refractivity contribution is -0.122. The third-order valence-electron chi connectivity index (χ3n) is 5.60. The number of anilines is 1. The molecule has 0 saturated carbocycles. The van der Waals surface area contributed by atoms with Crippen LogP contribution in [0.5, 0.6) is 11.5 Å². The number of esters is 1. The Balaban J connectivity index is 1.60. The van der Waals surface area contributed by atoms with E-state index in [1.165, 1.54) is 61.7 Å². The van der Waals surface area contributed by atoms with Gasteiger partial charge in [0.2, 0.25) is 0 Å². The van der Waals surface area contributed by atoms with Crippen LogP contribution in [0.1, 0.15) is 28.4 Å². The molecule has 0 aromatic heterocycles. The van der Waals surface area contributed by atoms with Crippen LogP contribution in [0.15, 0.2) is 66.2 Å². The minimum atomic E-state index is -0.939. The van der Waals surface area contributed by atoms with Gasteiger partial charge in [0, 0.05) is 0 Å². The number of benzene rings is 3. The molecule has 1 saturated heterocycles. The summed E-state index contributed by atoms with van der Waals surface area (Å²) >= 11 is 6.42. The van der Waals surface area contributed by atoms with Crippen LogP contribution in [-0.4, -0.2) is 37.5 Å². The van der Waals surface area contributed by atoms with Crippen LogP contribution >= 0.6 is 11.6 Å². The van der Waals surface area contributed by atoms with Crippen molar-refractivity contribution < 1.29 is 37.8 Å². The highest BCUT2D eigenvalue weighted by atomic mass is 35.5. The van der Waals surface area contributed by atoms with Crippen molar-refractivity contribution in [1.29, 1.82) is 0 Å². The quantitative estimate of drug-likeness (QED) is 0.240. The number of rotatable bonds is 8. The van der Waals surface area contributed by atoms with Crippen molar-refractivity contribution in [3.8, 4) is 11.5 Å². The molecule has 4 amide bonds. The summed E-state index contributed by atoms with van der Waals surface area (Å²) in [4.78, 5) is 51.0. The first kappa shape index (κ1) is 27.3. The lowest BCUT2D eigenvalue weighted by Crippen LogP contribution is -2.54. The highest BCUT2D eigenvalue weighted by molar-refractivity contribution is 6.39. The van der Waals surface area contributed by atoms with Crippen LogP contribution < -0.4 is 19.7 Å². The lowest BCUT2D eigenvalue weighted by Gasteiger charge is -2.26. The Kier molecular flexibility index (Phi) is 8.26. The van der Waals surface area contributed by atoms with Gasteiger partial charge >= 0.3 is 12.0 Å². The Morgan fingerprint density at radius 1 is 1.05 bits per heavy atom. The number of hydrogen-bond acceptors (Lipinski definition) is 7. The number of carbonyl (C=O) groups is 4. The fraction of sp³-hybridized carbons (Fsp3) is 0.143. The molecule has 1 heterocycles. The Morgan fingerprint density at radius 3 is 2.38 bits per heavy atom. The molecular weight excluding hydrogens is 531 g/mol. The van der Waals surface area contributed by atoms with Gasteiger partial charge < -0.3 is 14.2 Å². The monoisotopic (exact) mass is 552 g/mol. The molecule has 1 aliphatic heterocycles. The van der Waals surface area contributed by atoms with E-state index in [1.54, 1.807) is 19.1 Å². The molecule has 0 spiro atoms. The summed E-state index contributed by atoms with van der Waals surface area (Å²) in [5.41, 5.74) is 1.08. The number of ether oxygens (including phenoxy) is 3. The molecule has 3 aromatic rings. The van der Waals surface area contributed by atoms with E-state index < -0.39 is 23.8 Å². The van der Waals surface area contributed by atoms with E-state index in [4.69, 9.17) is 25.8 Å². The fourth-order valence-corrected chi connectivity index (χ4v) is 3.99. The average Bonchev–Trinajstić information content (AvgIpc) is 2.91. The van der Waals surface area contributed by atoms with Crippen LogP contribution in [-0.2, 0) is 20.9 Å². The van der Waals surface area contributed by atoms with Crippen LogP contribution in [0, 0.1) is 5.82 Å². The van der Waals surface area contributed by atoms with Crippen molar-refractivity contribution >= 4 is 47.2 Å². The molecule has 0 atom stereocenters. The van der Waals surface area contributed by atoms with Crippen LogP contribution in [0.3, 0.4) is 0 Å². The zero-order valence-corrected chi connectivity index (χ0v) is 21.6. The van der Waals surface area contributed by atoms with Gasteiger partial charge in [0.15, 0.2) is 11.5 Å². The van der Waals surface area contributed by atoms with Gasteiger partial charge in [0.1, 0.15) is 18.0 Å². The zero-order chi connectivity index (χ0) is 28.1. The maximum Gasteiger partial charge on any atom is 0.338 e. The molecule has 1 aliphatic rings. The van der Waals surface area contributed by atoms with Crippen molar-refractivity contribution in [3.63, 3.8) is 0 Å². The molecule has 1 N–H and O–H groups in total. The van der Waals surface area contributed by atoms with E-state index in [0.717, 1.165) is 4.90 Å². The van der Waals surface area contributed by atoms with Crippen molar-refractivity contribution in [2.24, 2.45) is 0 Å². The third kappa shape index (κ3) is 6.07. The van der Waals surface area contributed by atoms with Gasteiger partial charge in [-0.05, 0) is 72.7 Å². The van der Waals surface area contributed by atoms with E-state index in [9.17, 15) is 23.6 Å². The van der Waals surface area contributed by atoms with Gasteiger partial charge in [0.05, 0.1) is 30.0 Å². The predicted molar refractivity (Wildman–Crippen MR) is 140 cm³/mol. The number of nitrogens with one attached hydrogen (secondary N) is 1. The maximum absolute atomic E-state index is 13.2. The second kappa shape index (κ2) is 11.8. The number of imide groups is 2. The number of methoxy groups -OCH3 is 1. The minimum absolute atomic E-state index is 0.0870. The molecule has 9 nitrogen and oxygen atoms in total. The number of urea groups is 1. The average molecular weight is 553 g/mol. The number of halogens is 2. The molecule has 0 bridgehead atoms. The lowest BCUT2D eigenvalue weighted by atomic mass is 10.1. The van der Waals surface area contributed by atoms with E-state index >= 15 is 0 Å². The number of amides is 4. The van der Waals surface area contributed by atoms with Gasteiger partial charge in [0.25, 0.3) is 11.8 Å². The molecule has 0 radical (unpaired) electrons. The summed E-state index contributed by atoms with van der Waals surface area (Å²) in [5, 5.41) is 2.27. The maximum atomic E-state index is 13.2. The summed E-state index contributed by atoms with van der Waals surface area (Å²) in [6, 6.07) is 13.4. The molecule has 0 aliphatic carbocycles. The van der Waals surface area contributed by atoms with E-state index in [-0.39, 0.29) is 52.4 Å². The first-order chi connectivity index (χ1) is 18.7. The first-order valence-corrected chi connectivity index (χ1v) is 12.0.